The van der Waals surface area contributed by atoms with Crippen molar-refractivity contribution in [3.8, 4) is 5.75 Å². The Balaban J connectivity index is 1.54. The zero-order chi connectivity index (χ0) is 18.1. The topological polar surface area (TPSA) is 102 Å². The van der Waals surface area contributed by atoms with E-state index in [0.717, 1.165) is 11.3 Å². The summed E-state index contributed by atoms with van der Waals surface area (Å²) >= 11 is 0. The highest BCUT2D eigenvalue weighted by atomic mass is 32.2. The van der Waals surface area contributed by atoms with Gasteiger partial charge in [0.2, 0.25) is 11.8 Å². The quantitative estimate of drug-likeness (QED) is 0.710. The Bertz CT molecular complexity index is 769. The van der Waals surface area contributed by atoms with Crippen LogP contribution in [0.3, 0.4) is 0 Å². The summed E-state index contributed by atoms with van der Waals surface area (Å²) in [7, 11) is -1.48. The van der Waals surface area contributed by atoms with Gasteiger partial charge in [0.15, 0.2) is 9.84 Å². The molecule has 1 aromatic carbocycles. The number of methoxy groups -OCH3 is 1. The van der Waals surface area contributed by atoms with Crippen molar-refractivity contribution in [3.63, 3.8) is 0 Å². The van der Waals surface area contributed by atoms with Gasteiger partial charge in [-0.3, -0.25) is 9.59 Å². The van der Waals surface area contributed by atoms with Crippen molar-refractivity contribution in [1.82, 2.24) is 10.6 Å². The average molecular weight is 366 g/mol. The van der Waals surface area contributed by atoms with Gasteiger partial charge in [-0.1, -0.05) is 12.1 Å². The van der Waals surface area contributed by atoms with Gasteiger partial charge < -0.3 is 15.4 Å². The molecule has 25 heavy (non-hydrogen) atoms. The van der Waals surface area contributed by atoms with Gasteiger partial charge in [-0.15, -0.1) is 0 Å². The molecule has 136 valence electrons. The molecule has 0 bridgehead atoms. The Kier molecular flexibility index (Phi) is 4.73. The van der Waals surface area contributed by atoms with Gasteiger partial charge in [-0.05, 0) is 37.0 Å². The molecule has 2 fully saturated rings. The summed E-state index contributed by atoms with van der Waals surface area (Å²) in [5, 5.41) is 5.54. The fourth-order valence-corrected chi connectivity index (χ4v) is 4.68. The van der Waals surface area contributed by atoms with Crippen LogP contribution in [0.1, 0.15) is 24.8 Å². The lowest BCUT2D eigenvalue weighted by atomic mass is 10.0. The van der Waals surface area contributed by atoms with E-state index in [1.165, 1.54) is 0 Å². The first kappa shape index (κ1) is 17.7. The molecule has 8 heteroatoms. The van der Waals surface area contributed by atoms with Crippen molar-refractivity contribution < 1.29 is 22.7 Å². The molecule has 0 radical (unpaired) electrons. The molecule has 0 aromatic heterocycles. The monoisotopic (exact) mass is 366 g/mol. The van der Waals surface area contributed by atoms with Gasteiger partial charge in [0.1, 0.15) is 11.2 Å². The van der Waals surface area contributed by atoms with Crippen LogP contribution in [0, 0.1) is 5.41 Å². The molecular formula is C17H22N2O5S. The van der Waals surface area contributed by atoms with E-state index in [4.69, 9.17) is 4.74 Å². The fraction of sp³-hybridized carbons (Fsp3) is 0.529. The van der Waals surface area contributed by atoms with E-state index in [1.807, 2.05) is 24.3 Å². The van der Waals surface area contributed by atoms with Crippen LogP contribution in [0.25, 0.3) is 0 Å². The van der Waals surface area contributed by atoms with E-state index in [2.05, 4.69) is 10.6 Å². The highest BCUT2D eigenvalue weighted by Crippen LogP contribution is 2.46. The smallest absolute Gasteiger partial charge is 0.235 e. The number of rotatable bonds is 6. The predicted molar refractivity (Wildman–Crippen MR) is 91.7 cm³/mol. The maximum absolute atomic E-state index is 12.5. The second-order valence-corrected chi connectivity index (χ2v) is 8.92. The number of carbonyl (C=O) groups excluding carboxylic acids is 2. The Morgan fingerprint density at radius 1 is 1.20 bits per heavy atom. The van der Waals surface area contributed by atoms with Gasteiger partial charge >= 0.3 is 0 Å². The number of sulfone groups is 1. The summed E-state index contributed by atoms with van der Waals surface area (Å²) in [5.41, 5.74) is -0.133. The minimum absolute atomic E-state index is 0.0394. The molecule has 2 N–H and O–H groups in total. The number of amides is 2. The van der Waals surface area contributed by atoms with Gasteiger partial charge in [0.05, 0.1) is 18.6 Å². The molecule has 2 aliphatic rings. The normalized spacial score (nSPS) is 22.8. The summed E-state index contributed by atoms with van der Waals surface area (Å²) in [6.45, 7) is 0.329. The molecule has 1 unspecified atom stereocenters. The molecule has 1 saturated heterocycles. The molecule has 0 spiro atoms. The van der Waals surface area contributed by atoms with Gasteiger partial charge in [-0.25, -0.2) is 8.42 Å². The highest BCUT2D eigenvalue weighted by Gasteiger charge is 2.56. The number of carbonyl (C=O) groups is 2. The minimum atomic E-state index is -3.06. The number of nitrogens with one attached hydrogen (secondary N) is 2. The Morgan fingerprint density at radius 3 is 2.40 bits per heavy atom. The van der Waals surface area contributed by atoms with E-state index < -0.39 is 15.3 Å². The third-order valence-corrected chi connectivity index (χ3v) is 6.57. The van der Waals surface area contributed by atoms with Gasteiger partial charge in [-0.2, -0.15) is 0 Å². The lowest BCUT2D eigenvalue weighted by molar-refractivity contribution is -0.137. The zero-order valence-electron chi connectivity index (χ0n) is 14.1. The van der Waals surface area contributed by atoms with E-state index >= 15 is 0 Å². The molecule has 3 rings (SSSR count). The summed E-state index contributed by atoms with van der Waals surface area (Å²) in [6.07, 6.45) is 1.40. The van der Waals surface area contributed by atoms with Gasteiger partial charge in [0, 0.05) is 12.6 Å². The standard InChI is InChI=1S/C17H22N2O5S/c1-24-14-4-2-12(3-5-14)10-18-15(20)17(7-8-17)16(21)19-13-6-9-25(22,23)11-13/h2-5,13H,6-11H2,1H3,(H,18,20)(H,19,21). The first-order chi connectivity index (χ1) is 11.8. The van der Waals surface area contributed by atoms with Crippen molar-refractivity contribution in [2.45, 2.75) is 31.8 Å². The molecule has 1 aliphatic carbocycles. The molecule has 7 nitrogen and oxygen atoms in total. The fourth-order valence-electron chi connectivity index (χ4n) is 3.01. The maximum Gasteiger partial charge on any atom is 0.235 e. The number of hydrogen-bond donors (Lipinski definition) is 2. The molecule has 1 aliphatic heterocycles. The zero-order valence-corrected chi connectivity index (χ0v) is 14.9. The number of ether oxygens (including phenoxy) is 1. The Hall–Kier alpha value is -2.09. The van der Waals surface area contributed by atoms with Crippen molar-refractivity contribution in [1.29, 1.82) is 0 Å². The largest absolute Gasteiger partial charge is 0.497 e. The molecule has 1 heterocycles. The SMILES string of the molecule is COc1ccc(CNC(=O)C2(C(=O)NC3CCS(=O)(=O)C3)CC2)cc1. The van der Waals surface area contributed by atoms with Crippen LogP contribution >= 0.6 is 0 Å². The summed E-state index contributed by atoms with van der Waals surface area (Å²) in [5.74, 6) is 0.125. The van der Waals surface area contributed by atoms with E-state index in [-0.39, 0.29) is 29.4 Å². The van der Waals surface area contributed by atoms with Crippen molar-refractivity contribution >= 4 is 21.7 Å². The first-order valence-electron chi connectivity index (χ1n) is 8.27. The van der Waals surface area contributed by atoms with Crippen LogP contribution in [-0.4, -0.2) is 44.9 Å². The van der Waals surface area contributed by atoms with Crippen LogP contribution in [0.15, 0.2) is 24.3 Å². The second-order valence-electron chi connectivity index (χ2n) is 6.69. The molecule has 2 amide bonds. The maximum atomic E-state index is 12.5. The van der Waals surface area contributed by atoms with E-state index in [9.17, 15) is 18.0 Å². The van der Waals surface area contributed by atoms with Crippen molar-refractivity contribution in [3.05, 3.63) is 29.8 Å². The second kappa shape index (κ2) is 6.67. The van der Waals surface area contributed by atoms with Crippen LogP contribution < -0.4 is 15.4 Å². The van der Waals surface area contributed by atoms with E-state index in [1.54, 1.807) is 7.11 Å². The average Bonchev–Trinajstić information content (AvgIpc) is 3.33. The summed E-state index contributed by atoms with van der Waals surface area (Å²) < 4.78 is 28.1. The number of benzene rings is 1. The van der Waals surface area contributed by atoms with Gasteiger partial charge in [0.25, 0.3) is 0 Å². The van der Waals surface area contributed by atoms with E-state index in [0.29, 0.717) is 25.8 Å². The highest BCUT2D eigenvalue weighted by molar-refractivity contribution is 7.91. The number of hydrogen-bond acceptors (Lipinski definition) is 5. The van der Waals surface area contributed by atoms with Crippen LogP contribution in [-0.2, 0) is 26.0 Å². The van der Waals surface area contributed by atoms with Crippen molar-refractivity contribution in [2.75, 3.05) is 18.6 Å². The third-order valence-electron chi connectivity index (χ3n) is 4.80. The summed E-state index contributed by atoms with van der Waals surface area (Å²) in [6, 6.07) is 6.93. The third kappa shape index (κ3) is 3.95. The molecular weight excluding hydrogens is 344 g/mol. The summed E-state index contributed by atoms with van der Waals surface area (Å²) in [4.78, 5) is 24.9. The van der Waals surface area contributed by atoms with Crippen LogP contribution in [0.5, 0.6) is 5.75 Å². The molecule has 1 saturated carbocycles. The lowest BCUT2D eigenvalue weighted by Crippen LogP contribution is -2.46. The first-order valence-corrected chi connectivity index (χ1v) is 10.1. The Labute approximate surface area is 147 Å². The Morgan fingerprint density at radius 2 is 1.88 bits per heavy atom. The van der Waals surface area contributed by atoms with Crippen LogP contribution in [0.2, 0.25) is 0 Å². The van der Waals surface area contributed by atoms with Crippen molar-refractivity contribution in [2.24, 2.45) is 5.41 Å². The van der Waals surface area contributed by atoms with Crippen LogP contribution in [0.4, 0.5) is 0 Å². The molecule has 1 atom stereocenters. The molecule has 1 aromatic rings. The lowest BCUT2D eigenvalue weighted by Gasteiger charge is -2.18. The minimum Gasteiger partial charge on any atom is -0.497 e. The predicted octanol–water partition coefficient (Wildman–Crippen LogP) is 0.395.